The molecule has 1 aromatic carbocycles. The van der Waals surface area contributed by atoms with Gasteiger partial charge in [-0.05, 0) is 12.1 Å². The molecule has 1 aliphatic heterocycles. The number of thioether (sulfide) groups is 1. The number of benzene rings is 1. The number of rotatable bonds is 1. The Morgan fingerprint density at radius 1 is 1.54 bits per heavy atom. The Hall–Kier alpha value is -1.16. The van der Waals surface area contributed by atoms with Gasteiger partial charge in [0.25, 0.3) is 0 Å². The van der Waals surface area contributed by atoms with E-state index in [-0.39, 0.29) is 5.97 Å². The third-order valence-electron chi connectivity index (χ3n) is 1.72. The Morgan fingerprint density at radius 2 is 2.38 bits per heavy atom. The summed E-state index contributed by atoms with van der Waals surface area (Å²) in [5.74, 6) is 1.49. The van der Waals surface area contributed by atoms with Gasteiger partial charge < -0.3 is 9.47 Å². The van der Waals surface area contributed by atoms with E-state index in [1.54, 1.807) is 13.2 Å². The van der Waals surface area contributed by atoms with Crippen LogP contribution in [0.1, 0.15) is 0 Å². The van der Waals surface area contributed by atoms with Crippen LogP contribution in [0.5, 0.6) is 11.5 Å². The molecule has 0 amide bonds. The van der Waals surface area contributed by atoms with E-state index in [2.05, 4.69) is 0 Å². The Bertz CT molecular complexity index is 349. The maximum absolute atomic E-state index is 10.9. The summed E-state index contributed by atoms with van der Waals surface area (Å²) in [5.41, 5.74) is 0. The molecule has 68 valence electrons. The minimum atomic E-state index is -0.203. The summed E-state index contributed by atoms with van der Waals surface area (Å²) in [5, 5.41) is 0. The van der Waals surface area contributed by atoms with Crippen molar-refractivity contribution in [3.05, 3.63) is 18.2 Å². The van der Waals surface area contributed by atoms with Gasteiger partial charge in [-0.3, -0.25) is 4.79 Å². The molecule has 3 nitrogen and oxygen atoms in total. The van der Waals surface area contributed by atoms with E-state index < -0.39 is 0 Å². The lowest BCUT2D eigenvalue weighted by Gasteiger charge is -2.15. The van der Waals surface area contributed by atoms with Gasteiger partial charge in [-0.2, -0.15) is 0 Å². The second-order valence-corrected chi connectivity index (χ2v) is 3.59. The van der Waals surface area contributed by atoms with Crippen molar-refractivity contribution in [1.82, 2.24) is 0 Å². The van der Waals surface area contributed by atoms with Gasteiger partial charge in [0.1, 0.15) is 11.5 Å². The van der Waals surface area contributed by atoms with Gasteiger partial charge >= 0.3 is 5.97 Å². The van der Waals surface area contributed by atoms with Gasteiger partial charge in [0.2, 0.25) is 0 Å². The topological polar surface area (TPSA) is 35.5 Å². The first kappa shape index (κ1) is 8.44. The summed E-state index contributed by atoms with van der Waals surface area (Å²) in [6.07, 6.45) is 0. The number of fused-ring (bicyclic) bond motifs is 1. The Labute approximate surface area is 80.0 Å². The fourth-order valence-corrected chi connectivity index (χ4v) is 1.84. The highest BCUT2D eigenvalue weighted by Gasteiger charge is 2.17. The van der Waals surface area contributed by atoms with Gasteiger partial charge in [-0.15, -0.1) is 11.8 Å². The average molecular weight is 196 g/mol. The molecule has 0 fully saturated rings. The van der Waals surface area contributed by atoms with E-state index in [0.29, 0.717) is 17.3 Å². The standard InChI is InChI=1S/C9H8O3S/c1-11-6-2-3-8-7(4-6)12-9(10)5-13-8/h2-4H,5H2,1H3. The van der Waals surface area contributed by atoms with Gasteiger partial charge in [-0.1, -0.05) is 0 Å². The number of methoxy groups -OCH3 is 1. The molecule has 0 N–H and O–H groups in total. The van der Waals surface area contributed by atoms with Gasteiger partial charge in [0, 0.05) is 6.07 Å². The van der Waals surface area contributed by atoms with Crippen molar-refractivity contribution in [3.8, 4) is 11.5 Å². The number of hydrogen-bond acceptors (Lipinski definition) is 4. The van der Waals surface area contributed by atoms with Crippen LogP contribution in [0.2, 0.25) is 0 Å². The molecule has 1 aliphatic rings. The molecule has 1 heterocycles. The molecule has 0 aliphatic carbocycles. The van der Waals surface area contributed by atoms with Gasteiger partial charge in [0.15, 0.2) is 0 Å². The van der Waals surface area contributed by atoms with Crippen molar-refractivity contribution >= 4 is 17.7 Å². The summed E-state index contributed by atoms with van der Waals surface area (Å²) >= 11 is 1.49. The summed E-state index contributed by atoms with van der Waals surface area (Å²) in [7, 11) is 1.58. The zero-order valence-corrected chi connectivity index (χ0v) is 7.89. The largest absolute Gasteiger partial charge is 0.497 e. The molecular formula is C9H8O3S. The van der Waals surface area contributed by atoms with E-state index in [0.717, 1.165) is 4.90 Å². The minimum absolute atomic E-state index is 0.203. The first-order valence-electron chi connectivity index (χ1n) is 3.81. The molecule has 0 bridgehead atoms. The van der Waals surface area contributed by atoms with Crippen molar-refractivity contribution in [3.63, 3.8) is 0 Å². The van der Waals surface area contributed by atoms with Gasteiger partial charge in [-0.25, -0.2) is 0 Å². The fraction of sp³-hybridized carbons (Fsp3) is 0.222. The van der Waals surface area contributed by atoms with Crippen molar-refractivity contribution < 1.29 is 14.3 Å². The fourth-order valence-electron chi connectivity index (χ4n) is 1.10. The number of esters is 1. The quantitative estimate of drug-likeness (QED) is 0.506. The van der Waals surface area contributed by atoms with E-state index in [1.165, 1.54) is 11.8 Å². The summed E-state index contributed by atoms with van der Waals surface area (Å²) < 4.78 is 10.0. The van der Waals surface area contributed by atoms with Crippen LogP contribution in [0.3, 0.4) is 0 Å². The van der Waals surface area contributed by atoms with E-state index in [1.807, 2.05) is 12.1 Å². The zero-order valence-electron chi connectivity index (χ0n) is 7.07. The molecule has 0 radical (unpaired) electrons. The molecule has 0 spiro atoms. The van der Waals surface area contributed by atoms with E-state index in [4.69, 9.17) is 9.47 Å². The number of carbonyl (C=O) groups excluding carboxylic acids is 1. The van der Waals surface area contributed by atoms with Crippen LogP contribution in [0, 0.1) is 0 Å². The van der Waals surface area contributed by atoms with Crippen LogP contribution in [0.15, 0.2) is 23.1 Å². The predicted molar refractivity (Wildman–Crippen MR) is 49.4 cm³/mol. The predicted octanol–water partition coefficient (Wildman–Crippen LogP) is 1.71. The maximum Gasteiger partial charge on any atom is 0.321 e. The first-order chi connectivity index (χ1) is 6.29. The molecule has 0 unspecified atom stereocenters. The van der Waals surface area contributed by atoms with Crippen LogP contribution < -0.4 is 9.47 Å². The molecule has 0 aromatic heterocycles. The third-order valence-corrected chi connectivity index (χ3v) is 2.75. The lowest BCUT2D eigenvalue weighted by Crippen LogP contribution is -2.15. The minimum Gasteiger partial charge on any atom is -0.497 e. The third kappa shape index (κ3) is 1.62. The van der Waals surface area contributed by atoms with Crippen molar-refractivity contribution in [1.29, 1.82) is 0 Å². The number of ether oxygens (including phenoxy) is 2. The number of hydrogen-bond donors (Lipinski definition) is 0. The van der Waals surface area contributed by atoms with Crippen LogP contribution in [-0.4, -0.2) is 18.8 Å². The highest BCUT2D eigenvalue weighted by Crippen LogP contribution is 2.35. The van der Waals surface area contributed by atoms with E-state index >= 15 is 0 Å². The molecule has 0 saturated heterocycles. The summed E-state index contributed by atoms with van der Waals surface area (Å²) in [4.78, 5) is 11.9. The summed E-state index contributed by atoms with van der Waals surface area (Å²) in [6, 6.07) is 5.47. The lowest BCUT2D eigenvalue weighted by molar-refractivity contribution is -0.131. The van der Waals surface area contributed by atoms with Crippen LogP contribution >= 0.6 is 11.8 Å². The molecule has 13 heavy (non-hydrogen) atoms. The second-order valence-electron chi connectivity index (χ2n) is 2.58. The normalized spacial score (nSPS) is 14.7. The second kappa shape index (κ2) is 3.30. The molecule has 1 aromatic rings. The average Bonchev–Trinajstić information content (AvgIpc) is 2.16. The monoisotopic (exact) mass is 196 g/mol. The maximum atomic E-state index is 10.9. The Balaban J connectivity index is 2.38. The van der Waals surface area contributed by atoms with E-state index in [9.17, 15) is 4.79 Å². The molecule has 4 heteroatoms. The first-order valence-corrected chi connectivity index (χ1v) is 4.79. The molecule has 2 rings (SSSR count). The van der Waals surface area contributed by atoms with Crippen LogP contribution in [0.4, 0.5) is 0 Å². The molecular weight excluding hydrogens is 188 g/mol. The Morgan fingerprint density at radius 3 is 3.15 bits per heavy atom. The molecule has 0 atom stereocenters. The number of carbonyl (C=O) groups is 1. The van der Waals surface area contributed by atoms with Crippen molar-refractivity contribution in [2.45, 2.75) is 4.90 Å². The highest BCUT2D eigenvalue weighted by molar-refractivity contribution is 8.00. The lowest BCUT2D eigenvalue weighted by atomic mass is 10.3. The SMILES string of the molecule is COc1ccc2c(c1)OC(=O)CS2. The highest BCUT2D eigenvalue weighted by atomic mass is 32.2. The van der Waals surface area contributed by atoms with Gasteiger partial charge in [0.05, 0.1) is 17.8 Å². The van der Waals surface area contributed by atoms with Crippen molar-refractivity contribution in [2.24, 2.45) is 0 Å². The van der Waals surface area contributed by atoms with Crippen LogP contribution in [-0.2, 0) is 4.79 Å². The zero-order chi connectivity index (χ0) is 9.26. The summed E-state index contributed by atoms with van der Waals surface area (Å²) in [6.45, 7) is 0. The molecule has 0 saturated carbocycles. The van der Waals surface area contributed by atoms with Crippen LogP contribution in [0.25, 0.3) is 0 Å². The van der Waals surface area contributed by atoms with Crippen molar-refractivity contribution in [2.75, 3.05) is 12.9 Å². The smallest absolute Gasteiger partial charge is 0.321 e. The Kier molecular flexibility index (Phi) is 2.14.